The number of allylic oxidation sites excluding steroid dienone is 1. The minimum Gasteiger partial charge on any atom is -0.494 e. The van der Waals surface area contributed by atoms with Crippen LogP contribution in [0.1, 0.15) is 290 Å². The molecule has 0 aliphatic heterocycles. The van der Waals surface area contributed by atoms with Crippen molar-refractivity contribution in [3.05, 3.63) is 188 Å². The van der Waals surface area contributed by atoms with E-state index < -0.39 is 0 Å². The first-order valence-corrected chi connectivity index (χ1v) is 46.1. The van der Waals surface area contributed by atoms with Crippen LogP contribution in [0, 0.1) is 38.0 Å². The van der Waals surface area contributed by atoms with Gasteiger partial charge in [-0.25, -0.2) is 0 Å². The fraction of sp³-hybridized carbons (Fsp3) is 0.480. The zero-order chi connectivity index (χ0) is 76.9. The number of aryl methyl sites for hydroxylation is 7. The summed E-state index contributed by atoms with van der Waals surface area (Å²) in [5.41, 5.74) is 21.9. The maximum Gasteiger partial charge on any atom is 0.177 e. The Bertz CT molecular complexity index is 4530. The second kappa shape index (κ2) is 44.3. The van der Waals surface area contributed by atoms with Crippen LogP contribution in [0.3, 0.4) is 0 Å². The molecular weight excluding hydrogens is 1410 g/mol. The van der Waals surface area contributed by atoms with Crippen LogP contribution in [-0.2, 0) is 43.3 Å². The number of fused-ring (bicyclic) bond motifs is 1. The normalized spacial score (nSPS) is 12.1. The van der Waals surface area contributed by atoms with Crippen LogP contribution in [0.2, 0.25) is 0 Å². The highest BCUT2D eigenvalue weighted by molar-refractivity contribution is 7.29. The summed E-state index contributed by atoms with van der Waals surface area (Å²) in [6.45, 7) is 26.5. The van der Waals surface area contributed by atoms with Gasteiger partial charge in [-0.05, 0) is 225 Å². The summed E-state index contributed by atoms with van der Waals surface area (Å²) in [5, 5.41) is 10.7. The number of Topliss-reactive ketones (excluding diaryl/α,β-unsaturated/α-hetero) is 1. The van der Waals surface area contributed by atoms with Gasteiger partial charge in [0.2, 0.25) is 0 Å². The second-order valence-electron chi connectivity index (χ2n) is 31.3. The van der Waals surface area contributed by atoms with Crippen molar-refractivity contribution in [1.29, 1.82) is 5.26 Å². The third-order valence-corrected chi connectivity index (χ3v) is 27.5. The first kappa shape index (κ1) is 84.4. The van der Waals surface area contributed by atoms with E-state index in [1.807, 2.05) is 52.2 Å². The quantitative estimate of drug-likeness (QED) is 0.0217. The summed E-state index contributed by atoms with van der Waals surface area (Å²) in [6.07, 6.45) is 42.8. The molecule has 1 unspecified atom stereocenters. The standard InChI is InChI=1S/C100H128N2O3S4/c1-12-20-27-33-40-79-65-93(106-91(79)69-83(70-101)89(103)63-75-47-44-71(9)45-48-75)98-81(42-35-29-22-14-3)67-95(108-98)100-82(43-36-30-23-15-4)68-94(109-100)99-80(41-34-28-21-13-2)66-92(107-99)97-96(77-51-49-76(50-52-77)85-55-53-84(61-73(85)11)104-58-37-31-24-16-5)87(62-74(19-8)39-26-18-7)88-64-78(56-57-102(88)97)86-54-46-72(10)60-90(86)105-59-38-32-25-17-6/h44-57,60-61,64-69,74H,12-43,58-59,62-63H2,1-11H3/b83-69+. The third-order valence-electron chi connectivity index (χ3n) is 22.3. The molecule has 0 fully saturated rings. The topological polar surface area (TPSA) is 63.7 Å². The predicted octanol–water partition coefficient (Wildman–Crippen LogP) is 31.7. The summed E-state index contributed by atoms with van der Waals surface area (Å²) in [6, 6.07) is 48.9. The fourth-order valence-electron chi connectivity index (χ4n) is 15.7. The van der Waals surface area contributed by atoms with Gasteiger partial charge in [0, 0.05) is 57.9 Å². The number of rotatable bonds is 49. The average Bonchev–Trinajstić information content (AvgIpc) is 1.58. The highest BCUT2D eigenvalue weighted by atomic mass is 32.1. The van der Waals surface area contributed by atoms with Crippen LogP contribution in [-0.4, -0.2) is 23.4 Å². The molecule has 109 heavy (non-hydrogen) atoms. The Kier molecular flexibility index (Phi) is 34.3. The van der Waals surface area contributed by atoms with Gasteiger partial charge in [-0.3, -0.25) is 4.79 Å². The van der Waals surface area contributed by atoms with Gasteiger partial charge in [-0.15, -0.1) is 45.3 Å². The number of unbranched alkanes of at least 4 members (excludes halogenated alkanes) is 19. The number of nitrogens with zero attached hydrogens (tertiary/aromatic N) is 2. The molecule has 0 bridgehead atoms. The molecule has 0 saturated heterocycles. The van der Waals surface area contributed by atoms with Crippen molar-refractivity contribution in [1.82, 2.24) is 4.40 Å². The van der Waals surface area contributed by atoms with Crippen LogP contribution >= 0.6 is 45.3 Å². The number of carbonyl (C=O) groups excluding carboxylic acids is 1. The van der Waals surface area contributed by atoms with Crippen LogP contribution in [0.4, 0.5) is 0 Å². The molecule has 0 amide bonds. The molecule has 0 N–H and O–H groups in total. The third kappa shape index (κ3) is 23.3. The van der Waals surface area contributed by atoms with Gasteiger partial charge < -0.3 is 13.9 Å². The van der Waals surface area contributed by atoms with Gasteiger partial charge in [-0.1, -0.05) is 269 Å². The number of hydrogen-bond acceptors (Lipinski definition) is 8. The van der Waals surface area contributed by atoms with Crippen LogP contribution in [0.15, 0.2) is 133 Å². The number of thiophene rings is 4. The molecule has 6 aromatic heterocycles. The van der Waals surface area contributed by atoms with E-state index in [4.69, 9.17) is 9.47 Å². The van der Waals surface area contributed by atoms with Gasteiger partial charge in [-0.2, -0.15) is 5.26 Å². The monoisotopic (exact) mass is 1530 g/mol. The molecule has 10 aromatic rings. The van der Waals surface area contributed by atoms with Crippen LogP contribution in [0.5, 0.6) is 11.5 Å². The summed E-state index contributed by atoms with van der Waals surface area (Å²) in [7, 11) is 0. The minimum absolute atomic E-state index is 0.122. The van der Waals surface area contributed by atoms with Crippen molar-refractivity contribution < 1.29 is 14.3 Å². The Morgan fingerprint density at radius 3 is 1.51 bits per heavy atom. The number of pyridine rings is 1. The molecular formula is C100H128N2O3S4. The predicted molar refractivity (Wildman–Crippen MR) is 478 cm³/mol. The van der Waals surface area contributed by atoms with E-state index in [2.05, 4.69) is 202 Å². The van der Waals surface area contributed by atoms with Gasteiger partial charge in [0.1, 0.15) is 17.6 Å². The van der Waals surface area contributed by atoms with Crippen molar-refractivity contribution >= 4 is 62.7 Å². The molecule has 1 atom stereocenters. The number of hydrogen-bond donors (Lipinski definition) is 0. The summed E-state index contributed by atoms with van der Waals surface area (Å²) >= 11 is 7.87. The molecule has 0 aliphatic rings. The summed E-state index contributed by atoms with van der Waals surface area (Å²) in [5.74, 6) is 2.33. The Hall–Kier alpha value is -7.06. The van der Waals surface area contributed by atoms with E-state index in [0.717, 1.165) is 123 Å². The highest BCUT2D eigenvalue weighted by Gasteiger charge is 2.29. The number of aromatic nitrogens is 1. The lowest BCUT2D eigenvalue weighted by atomic mass is 9.87. The lowest BCUT2D eigenvalue weighted by molar-refractivity contribution is -0.114. The number of benzene rings is 4. The first-order valence-electron chi connectivity index (χ1n) is 42.8. The van der Waals surface area contributed by atoms with E-state index in [1.54, 1.807) is 11.3 Å². The number of ether oxygens (including phenoxy) is 2. The molecule has 5 nitrogen and oxygen atoms in total. The van der Waals surface area contributed by atoms with Crippen LogP contribution in [0.25, 0.3) is 84.8 Å². The van der Waals surface area contributed by atoms with E-state index >= 15 is 0 Å². The Balaban J connectivity index is 1.15. The minimum atomic E-state index is -0.122. The summed E-state index contributed by atoms with van der Waals surface area (Å²) in [4.78, 5) is 24.7. The molecule has 10 rings (SSSR count). The zero-order valence-corrected chi connectivity index (χ0v) is 71.8. The van der Waals surface area contributed by atoms with E-state index in [0.29, 0.717) is 12.5 Å². The largest absolute Gasteiger partial charge is 0.494 e. The molecule has 0 spiro atoms. The highest BCUT2D eigenvalue weighted by Crippen LogP contribution is 2.53. The molecule has 0 saturated carbocycles. The van der Waals surface area contributed by atoms with Crippen LogP contribution < -0.4 is 9.47 Å². The summed E-state index contributed by atoms with van der Waals surface area (Å²) < 4.78 is 15.7. The zero-order valence-electron chi connectivity index (χ0n) is 68.5. The van der Waals surface area contributed by atoms with Gasteiger partial charge in [0.05, 0.1) is 34.9 Å². The van der Waals surface area contributed by atoms with Crippen molar-refractivity contribution in [2.75, 3.05) is 13.2 Å². The second-order valence-corrected chi connectivity index (χ2v) is 35.5. The van der Waals surface area contributed by atoms with Crippen molar-refractivity contribution in [2.45, 2.75) is 294 Å². The van der Waals surface area contributed by atoms with Gasteiger partial charge in [0.15, 0.2) is 5.78 Å². The van der Waals surface area contributed by atoms with Crippen molar-refractivity contribution in [3.8, 4) is 90.8 Å². The first-order chi connectivity index (χ1) is 53.3. The number of carbonyl (C=O) groups is 1. The fourth-order valence-corrected chi connectivity index (χ4v) is 20.9. The van der Waals surface area contributed by atoms with Gasteiger partial charge >= 0.3 is 0 Å². The Morgan fingerprint density at radius 2 is 0.963 bits per heavy atom. The Morgan fingerprint density at radius 1 is 0.468 bits per heavy atom. The SMILES string of the molecule is CCCCCCOc1ccc(-c2ccc(-c3c(CC(CC)CCCC)c4cc(-c5ccc(C)cc5OCCCCCC)ccn4c3-c3cc(CCCCCC)c(-c4cc(CCCCCC)c(-c5cc(CCCCCC)c(-c6cc(CCCCCC)c(/C=C(\C#N)C(=O)Cc7ccc(C)cc7)s6)s5)s4)s3)cc2)c(C)c1. The van der Waals surface area contributed by atoms with E-state index in [1.165, 1.54) is 241 Å². The van der Waals surface area contributed by atoms with Crippen molar-refractivity contribution in [3.63, 3.8) is 0 Å². The van der Waals surface area contributed by atoms with E-state index in [-0.39, 0.29) is 17.8 Å². The molecule has 0 radical (unpaired) electrons. The molecule has 9 heteroatoms. The molecule has 580 valence electrons. The lowest BCUT2D eigenvalue weighted by Crippen LogP contribution is -2.05. The molecule has 6 heterocycles. The lowest BCUT2D eigenvalue weighted by Gasteiger charge is -2.17. The molecule has 4 aromatic carbocycles. The van der Waals surface area contributed by atoms with Gasteiger partial charge in [0.25, 0.3) is 0 Å². The number of ketones is 1. The Labute approximate surface area is 674 Å². The maximum atomic E-state index is 14.1. The smallest absolute Gasteiger partial charge is 0.177 e. The molecule has 0 aliphatic carbocycles. The average molecular weight is 1530 g/mol. The van der Waals surface area contributed by atoms with Crippen molar-refractivity contribution in [2.24, 2.45) is 5.92 Å². The van der Waals surface area contributed by atoms with E-state index in [9.17, 15) is 10.1 Å². The maximum absolute atomic E-state index is 14.1. The number of nitriles is 1.